The van der Waals surface area contributed by atoms with Gasteiger partial charge in [-0.2, -0.15) is 0 Å². The summed E-state index contributed by atoms with van der Waals surface area (Å²) in [5, 5.41) is 9.09. The summed E-state index contributed by atoms with van der Waals surface area (Å²) in [6.07, 6.45) is 0.378. The zero-order valence-corrected chi connectivity index (χ0v) is 7.63. The van der Waals surface area contributed by atoms with E-state index in [9.17, 15) is 0 Å². The van der Waals surface area contributed by atoms with Gasteiger partial charge in [-0.3, -0.25) is 0 Å². The predicted molar refractivity (Wildman–Crippen MR) is 45.4 cm³/mol. The Balaban J connectivity index is 3.28. The lowest BCUT2D eigenvalue weighted by atomic mass is 10.1. The molecule has 0 aromatic carbocycles. The first-order valence-corrected chi connectivity index (χ1v) is 4.00. The Morgan fingerprint density at radius 1 is 1.55 bits per heavy atom. The Hall–Kier alpha value is -0.120. The molecule has 0 saturated heterocycles. The van der Waals surface area contributed by atoms with Crippen molar-refractivity contribution >= 4 is 0 Å². The molecule has 0 radical (unpaired) electrons. The number of ether oxygens (including phenoxy) is 1. The summed E-state index contributed by atoms with van der Waals surface area (Å²) < 4.78 is 5.18. The zero-order valence-electron chi connectivity index (χ0n) is 7.63. The lowest BCUT2D eigenvalue weighted by Crippen LogP contribution is -2.38. The molecule has 0 saturated carbocycles. The Morgan fingerprint density at radius 3 is 2.45 bits per heavy atom. The van der Waals surface area contributed by atoms with Crippen molar-refractivity contribution in [2.24, 2.45) is 5.73 Å². The molecule has 1 atom stereocenters. The molecule has 3 nitrogen and oxygen atoms in total. The van der Waals surface area contributed by atoms with Gasteiger partial charge in [0.05, 0.1) is 19.3 Å². The van der Waals surface area contributed by atoms with Crippen molar-refractivity contribution in [3.05, 3.63) is 0 Å². The molecule has 0 fully saturated rings. The van der Waals surface area contributed by atoms with Gasteiger partial charge in [0.2, 0.25) is 0 Å². The van der Waals surface area contributed by atoms with Crippen LogP contribution < -0.4 is 5.73 Å². The summed E-state index contributed by atoms with van der Waals surface area (Å²) in [6, 6.07) is 0. The average Bonchev–Trinajstić information content (AvgIpc) is 1.85. The molecule has 0 aliphatic heterocycles. The van der Waals surface area contributed by atoms with Crippen LogP contribution in [0.25, 0.3) is 0 Å². The predicted octanol–water partition coefficient (Wildman–Crippen LogP) is 0.511. The SMILES string of the molecule is CCC(O)COCC(C)(C)N. The monoisotopic (exact) mass is 161 g/mol. The van der Waals surface area contributed by atoms with Crippen molar-refractivity contribution in [1.29, 1.82) is 0 Å². The molecule has 3 heteroatoms. The normalized spacial score (nSPS) is 15.0. The van der Waals surface area contributed by atoms with Crippen LogP contribution in [-0.2, 0) is 4.74 Å². The molecule has 0 bridgehead atoms. The van der Waals surface area contributed by atoms with Gasteiger partial charge in [-0.25, -0.2) is 0 Å². The smallest absolute Gasteiger partial charge is 0.0771 e. The number of hydrogen-bond donors (Lipinski definition) is 2. The largest absolute Gasteiger partial charge is 0.391 e. The number of hydrogen-bond acceptors (Lipinski definition) is 3. The Morgan fingerprint density at radius 2 is 2.09 bits per heavy atom. The van der Waals surface area contributed by atoms with Crippen molar-refractivity contribution in [2.75, 3.05) is 13.2 Å². The molecule has 0 rings (SSSR count). The van der Waals surface area contributed by atoms with Gasteiger partial charge in [0.15, 0.2) is 0 Å². The molecule has 68 valence electrons. The van der Waals surface area contributed by atoms with E-state index >= 15 is 0 Å². The van der Waals surface area contributed by atoms with Crippen LogP contribution in [0, 0.1) is 0 Å². The van der Waals surface area contributed by atoms with E-state index < -0.39 is 0 Å². The first kappa shape index (κ1) is 10.9. The van der Waals surface area contributed by atoms with E-state index in [2.05, 4.69) is 0 Å². The second-order valence-corrected chi connectivity index (χ2v) is 3.57. The highest BCUT2D eigenvalue weighted by molar-refractivity contribution is 4.70. The molecule has 0 aromatic rings. The standard InChI is InChI=1S/C8H19NO2/c1-4-7(10)5-11-6-8(2,3)9/h7,10H,4-6,9H2,1-3H3. The van der Waals surface area contributed by atoms with E-state index in [1.54, 1.807) is 0 Å². The van der Waals surface area contributed by atoms with E-state index in [4.69, 9.17) is 15.6 Å². The summed E-state index contributed by atoms with van der Waals surface area (Å²) in [5.74, 6) is 0. The molecule has 0 amide bonds. The van der Waals surface area contributed by atoms with Crippen LogP contribution in [0.1, 0.15) is 27.2 Å². The summed E-state index contributed by atoms with van der Waals surface area (Å²) in [4.78, 5) is 0. The molecule has 0 aliphatic carbocycles. The molecule has 3 N–H and O–H groups in total. The van der Waals surface area contributed by atoms with Gasteiger partial charge in [-0.1, -0.05) is 6.92 Å². The van der Waals surface area contributed by atoms with Crippen LogP contribution in [0.15, 0.2) is 0 Å². The fraction of sp³-hybridized carbons (Fsp3) is 1.00. The van der Waals surface area contributed by atoms with E-state index in [0.29, 0.717) is 13.2 Å². The lowest BCUT2D eigenvalue weighted by molar-refractivity contribution is 0.0189. The summed E-state index contributed by atoms with van der Waals surface area (Å²) >= 11 is 0. The van der Waals surface area contributed by atoms with Crippen molar-refractivity contribution in [1.82, 2.24) is 0 Å². The molecule has 0 heterocycles. The van der Waals surface area contributed by atoms with E-state index in [-0.39, 0.29) is 11.6 Å². The third-order valence-corrected chi connectivity index (χ3v) is 1.26. The first-order valence-electron chi connectivity index (χ1n) is 4.00. The second kappa shape index (κ2) is 4.70. The zero-order chi connectivity index (χ0) is 8.91. The molecular formula is C8H19NO2. The molecule has 0 aromatic heterocycles. The summed E-state index contributed by atoms with van der Waals surface area (Å²) in [5.41, 5.74) is 5.36. The van der Waals surface area contributed by atoms with Crippen LogP contribution in [-0.4, -0.2) is 30.0 Å². The van der Waals surface area contributed by atoms with Crippen LogP contribution in [0.3, 0.4) is 0 Å². The first-order chi connectivity index (χ1) is 4.95. The highest BCUT2D eigenvalue weighted by Gasteiger charge is 2.11. The Labute approximate surface area is 68.5 Å². The second-order valence-electron chi connectivity index (χ2n) is 3.57. The highest BCUT2D eigenvalue weighted by atomic mass is 16.5. The highest BCUT2D eigenvalue weighted by Crippen LogP contribution is 1.98. The Kier molecular flexibility index (Phi) is 4.65. The molecule has 11 heavy (non-hydrogen) atoms. The minimum absolute atomic E-state index is 0.298. The van der Waals surface area contributed by atoms with Gasteiger partial charge in [-0.15, -0.1) is 0 Å². The van der Waals surface area contributed by atoms with Crippen LogP contribution in [0.5, 0.6) is 0 Å². The average molecular weight is 161 g/mol. The van der Waals surface area contributed by atoms with Crippen molar-refractivity contribution in [3.8, 4) is 0 Å². The fourth-order valence-electron chi connectivity index (χ4n) is 0.576. The lowest BCUT2D eigenvalue weighted by Gasteiger charge is -2.19. The third-order valence-electron chi connectivity index (χ3n) is 1.26. The van der Waals surface area contributed by atoms with E-state index in [1.165, 1.54) is 0 Å². The number of nitrogens with two attached hydrogens (primary N) is 1. The van der Waals surface area contributed by atoms with Crippen molar-refractivity contribution < 1.29 is 9.84 Å². The van der Waals surface area contributed by atoms with Gasteiger partial charge >= 0.3 is 0 Å². The topological polar surface area (TPSA) is 55.5 Å². The molecular weight excluding hydrogens is 142 g/mol. The maximum Gasteiger partial charge on any atom is 0.0771 e. The van der Waals surface area contributed by atoms with E-state index in [1.807, 2.05) is 20.8 Å². The van der Waals surface area contributed by atoms with E-state index in [0.717, 1.165) is 6.42 Å². The minimum Gasteiger partial charge on any atom is -0.391 e. The summed E-state index contributed by atoms with van der Waals surface area (Å²) in [6.45, 7) is 6.58. The van der Waals surface area contributed by atoms with Crippen LogP contribution >= 0.6 is 0 Å². The fourth-order valence-corrected chi connectivity index (χ4v) is 0.576. The third kappa shape index (κ3) is 7.78. The minimum atomic E-state index is -0.350. The van der Waals surface area contributed by atoms with Crippen LogP contribution in [0.2, 0.25) is 0 Å². The van der Waals surface area contributed by atoms with Crippen LogP contribution in [0.4, 0.5) is 0 Å². The Bertz CT molecular complexity index is 98.8. The maximum atomic E-state index is 9.09. The van der Waals surface area contributed by atoms with Crippen molar-refractivity contribution in [3.63, 3.8) is 0 Å². The van der Waals surface area contributed by atoms with Gasteiger partial charge in [0.1, 0.15) is 0 Å². The number of aliphatic hydroxyl groups is 1. The van der Waals surface area contributed by atoms with Gasteiger partial charge in [-0.05, 0) is 20.3 Å². The quantitative estimate of drug-likeness (QED) is 0.617. The molecule has 1 unspecified atom stereocenters. The van der Waals surface area contributed by atoms with Gasteiger partial charge in [0.25, 0.3) is 0 Å². The molecule has 0 aliphatic rings. The van der Waals surface area contributed by atoms with Crippen molar-refractivity contribution in [2.45, 2.75) is 38.8 Å². The summed E-state index contributed by atoms with van der Waals surface area (Å²) in [7, 11) is 0. The molecule has 0 spiro atoms. The van der Waals surface area contributed by atoms with Gasteiger partial charge < -0.3 is 15.6 Å². The number of rotatable bonds is 5. The number of aliphatic hydroxyl groups excluding tert-OH is 1. The van der Waals surface area contributed by atoms with Gasteiger partial charge in [0, 0.05) is 5.54 Å². The maximum absolute atomic E-state index is 9.09.